The lowest BCUT2D eigenvalue weighted by Crippen LogP contribution is -1.81. The molecule has 0 amide bonds. The van der Waals surface area contributed by atoms with Crippen LogP contribution in [0.2, 0.25) is 0 Å². The maximum absolute atomic E-state index is 8.58. The fourth-order valence-electron chi connectivity index (χ4n) is 0.854. The molecule has 0 aromatic carbocycles. The molecule has 0 aliphatic rings. The second-order valence-electron chi connectivity index (χ2n) is 2.23. The lowest BCUT2D eigenvalue weighted by atomic mass is 10.5. The lowest BCUT2D eigenvalue weighted by molar-refractivity contribution is 1.19. The Morgan fingerprint density at radius 2 is 2.15 bits per heavy atom. The maximum atomic E-state index is 8.58. The van der Waals surface area contributed by atoms with Gasteiger partial charge in [0.15, 0.2) is 0 Å². The largest absolute Gasteiger partial charge is 0.261 e. The van der Waals surface area contributed by atoms with Gasteiger partial charge in [-0.3, -0.25) is 9.97 Å². The number of aromatic nitrogens is 3. The van der Waals surface area contributed by atoms with E-state index in [0.717, 1.165) is 5.01 Å². The van der Waals surface area contributed by atoms with Gasteiger partial charge in [0.25, 0.3) is 0 Å². The Hall–Kier alpha value is -1.80. The van der Waals surface area contributed by atoms with E-state index in [0.29, 0.717) is 10.6 Å². The van der Waals surface area contributed by atoms with Crippen LogP contribution in [-0.2, 0) is 0 Å². The van der Waals surface area contributed by atoms with Crippen LogP contribution in [0.15, 0.2) is 24.8 Å². The highest BCUT2D eigenvalue weighted by molar-refractivity contribution is 7.15. The van der Waals surface area contributed by atoms with Crippen LogP contribution in [0.1, 0.15) is 4.88 Å². The first kappa shape index (κ1) is 7.83. The summed E-state index contributed by atoms with van der Waals surface area (Å²) in [6.07, 6.45) is 6.36. The molecule has 2 heterocycles. The highest BCUT2D eigenvalue weighted by atomic mass is 32.1. The summed E-state index contributed by atoms with van der Waals surface area (Å²) >= 11 is 1.31. The van der Waals surface area contributed by atoms with Crippen LogP contribution >= 0.6 is 11.3 Å². The summed E-state index contributed by atoms with van der Waals surface area (Å²) in [6.45, 7) is 0. The van der Waals surface area contributed by atoms with Crippen molar-refractivity contribution in [3.63, 3.8) is 0 Å². The summed E-state index contributed by atoms with van der Waals surface area (Å²) in [4.78, 5) is 12.6. The van der Waals surface area contributed by atoms with Crippen molar-refractivity contribution < 1.29 is 0 Å². The van der Waals surface area contributed by atoms with Gasteiger partial charge >= 0.3 is 0 Å². The topological polar surface area (TPSA) is 62.5 Å². The zero-order chi connectivity index (χ0) is 9.10. The molecule has 0 radical (unpaired) electrons. The molecule has 62 valence electrons. The molecule has 0 unspecified atom stereocenters. The molecule has 0 atom stereocenters. The van der Waals surface area contributed by atoms with Gasteiger partial charge in [-0.05, 0) is 0 Å². The molecule has 2 aromatic heterocycles. The Labute approximate surface area is 78.5 Å². The van der Waals surface area contributed by atoms with Gasteiger partial charge in [0.05, 0.1) is 12.4 Å². The normalized spacial score (nSPS) is 9.46. The molecule has 5 heteroatoms. The van der Waals surface area contributed by atoms with Gasteiger partial charge in [-0.15, -0.1) is 11.3 Å². The van der Waals surface area contributed by atoms with Crippen LogP contribution in [0.5, 0.6) is 0 Å². The van der Waals surface area contributed by atoms with Crippen LogP contribution in [-0.4, -0.2) is 15.0 Å². The third-order valence-corrected chi connectivity index (χ3v) is 2.32. The molecule has 0 N–H and O–H groups in total. The lowest BCUT2D eigenvalue weighted by Gasteiger charge is -1.90. The number of nitrogens with zero attached hydrogens (tertiary/aromatic N) is 4. The van der Waals surface area contributed by atoms with E-state index in [2.05, 4.69) is 15.0 Å². The predicted octanol–water partition coefficient (Wildman–Crippen LogP) is 1.47. The molecule has 0 aliphatic carbocycles. The SMILES string of the molecule is N#Cc1cnc(-c2cnccn2)s1. The minimum Gasteiger partial charge on any atom is -0.261 e. The molecule has 0 saturated carbocycles. The summed E-state index contributed by atoms with van der Waals surface area (Å²) in [5, 5.41) is 9.31. The first-order valence-corrected chi connectivity index (χ1v) is 4.34. The van der Waals surface area contributed by atoms with Crippen LogP contribution < -0.4 is 0 Å². The second kappa shape index (κ2) is 3.29. The monoisotopic (exact) mass is 188 g/mol. The van der Waals surface area contributed by atoms with E-state index in [1.165, 1.54) is 17.5 Å². The average Bonchev–Trinajstić information content (AvgIpc) is 2.67. The summed E-state index contributed by atoms with van der Waals surface area (Å²) < 4.78 is 0. The predicted molar refractivity (Wildman–Crippen MR) is 47.9 cm³/mol. The molecule has 0 saturated heterocycles. The fraction of sp³-hybridized carbons (Fsp3) is 0. The number of hydrogen-bond acceptors (Lipinski definition) is 5. The van der Waals surface area contributed by atoms with Crippen molar-refractivity contribution >= 4 is 11.3 Å². The van der Waals surface area contributed by atoms with Gasteiger partial charge in [-0.1, -0.05) is 0 Å². The summed E-state index contributed by atoms with van der Waals surface area (Å²) in [7, 11) is 0. The van der Waals surface area contributed by atoms with E-state index < -0.39 is 0 Å². The minimum absolute atomic E-state index is 0.584. The van der Waals surface area contributed by atoms with Gasteiger partial charge in [-0.25, -0.2) is 4.98 Å². The Balaban J connectivity index is 2.43. The Morgan fingerprint density at radius 1 is 1.23 bits per heavy atom. The smallest absolute Gasteiger partial charge is 0.144 e. The fourth-order valence-corrected chi connectivity index (χ4v) is 1.53. The number of hydrogen-bond donors (Lipinski definition) is 0. The Kier molecular flexibility index (Phi) is 1.98. The van der Waals surface area contributed by atoms with E-state index in [1.807, 2.05) is 6.07 Å². The van der Waals surface area contributed by atoms with Crippen molar-refractivity contribution in [1.29, 1.82) is 5.26 Å². The van der Waals surface area contributed by atoms with Crippen molar-refractivity contribution in [3.8, 4) is 16.8 Å². The molecule has 0 fully saturated rings. The van der Waals surface area contributed by atoms with Crippen LogP contribution in [0.3, 0.4) is 0 Å². The first-order valence-electron chi connectivity index (χ1n) is 3.52. The van der Waals surface area contributed by atoms with Gasteiger partial charge in [0.1, 0.15) is 21.6 Å². The number of nitriles is 1. The minimum atomic E-state index is 0.584. The van der Waals surface area contributed by atoms with Crippen molar-refractivity contribution in [2.75, 3.05) is 0 Å². The van der Waals surface area contributed by atoms with Gasteiger partial charge in [0, 0.05) is 12.4 Å². The third-order valence-electron chi connectivity index (χ3n) is 1.40. The standard InChI is InChI=1S/C8H4N4S/c9-3-6-4-12-8(13-6)7-5-10-1-2-11-7/h1-2,4-5H. The highest BCUT2D eigenvalue weighted by Crippen LogP contribution is 2.21. The summed E-state index contributed by atoms with van der Waals surface area (Å²) in [5.41, 5.74) is 0.703. The summed E-state index contributed by atoms with van der Waals surface area (Å²) in [5.74, 6) is 0. The zero-order valence-corrected chi connectivity index (χ0v) is 7.32. The van der Waals surface area contributed by atoms with Crippen LogP contribution in [0, 0.1) is 11.3 Å². The van der Waals surface area contributed by atoms with Crippen molar-refractivity contribution in [2.45, 2.75) is 0 Å². The van der Waals surface area contributed by atoms with Gasteiger partial charge in [-0.2, -0.15) is 5.26 Å². The average molecular weight is 188 g/mol. The molecule has 2 aromatic rings. The number of thiazole rings is 1. The van der Waals surface area contributed by atoms with E-state index in [-0.39, 0.29) is 0 Å². The van der Waals surface area contributed by atoms with Crippen molar-refractivity contribution in [2.24, 2.45) is 0 Å². The van der Waals surface area contributed by atoms with Crippen molar-refractivity contribution in [1.82, 2.24) is 15.0 Å². The molecule has 0 spiro atoms. The molecule has 4 nitrogen and oxygen atoms in total. The van der Waals surface area contributed by atoms with E-state index in [4.69, 9.17) is 5.26 Å². The van der Waals surface area contributed by atoms with E-state index in [9.17, 15) is 0 Å². The van der Waals surface area contributed by atoms with E-state index >= 15 is 0 Å². The maximum Gasteiger partial charge on any atom is 0.144 e. The quantitative estimate of drug-likeness (QED) is 0.679. The number of rotatable bonds is 1. The second-order valence-corrected chi connectivity index (χ2v) is 3.26. The van der Waals surface area contributed by atoms with E-state index in [1.54, 1.807) is 18.6 Å². The van der Waals surface area contributed by atoms with Gasteiger partial charge < -0.3 is 0 Å². The zero-order valence-electron chi connectivity index (χ0n) is 6.51. The molecular weight excluding hydrogens is 184 g/mol. The van der Waals surface area contributed by atoms with Crippen LogP contribution in [0.25, 0.3) is 10.7 Å². The Morgan fingerprint density at radius 3 is 2.77 bits per heavy atom. The molecule has 0 bridgehead atoms. The Bertz CT molecular complexity index is 443. The first-order chi connectivity index (χ1) is 6.40. The van der Waals surface area contributed by atoms with Crippen LogP contribution in [0.4, 0.5) is 0 Å². The molecule has 2 rings (SSSR count). The van der Waals surface area contributed by atoms with Crippen molar-refractivity contribution in [3.05, 3.63) is 29.7 Å². The molecule has 13 heavy (non-hydrogen) atoms. The van der Waals surface area contributed by atoms with Gasteiger partial charge in [0.2, 0.25) is 0 Å². The molecule has 0 aliphatic heterocycles. The third kappa shape index (κ3) is 1.53. The highest BCUT2D eigenvalue weighted by Gasteiger charge is 2.04. The summed E-state index contributed by atoms with van der Waals surface area (Å²) in [6, 6.07) is 2.02. The molecular formula is C8H4N4S.